The molecule has 8 N–H and O–H groups in total. The number of rotatable bonds is 11. The summed E-state index contributed by atoms with van der Waals surface area (Å²) in [6, 6.07) is 9.85. The third-order valence-electron chi connectivity index (χ3n) is 5.53. The van der Waals surface area contributed by atoms with Gasteiger partial charge in [-0.25, -0.2) is 17.9 Å². The lowest BCUT2D eigenvalue weighted by atomic mass is 10.2. The second-order valence-electron chi connectivity index (χ2n) is 8.26. The number of sulfonamides is 1. The number of imidazole rings is 1. The van der Waals surface area contributed by atoms with Gasteiger partial charge in [0.05, 0.1) is 15.9 Å². The van der Waals surface area contributed by atoms with Gasteiger partial charge in [-0.1, -0.05) is 13.8 Å². The number of Topliss-reactive ketones (excluding diaryl/α,β-unsaturated/α-hetero) is 1. The van der Waals surface area contributed by atoms with Crippen molar-refractivity contribution in [2.24, 2.45) is 5.73 Å². The number of carbonyl (C=O) groups excluding carboxylic acids is 2. The topological polar surface area (TPSA) is 196 Å². The molecule has 2 aromatic carbocycles. The Morgan fingerprint density at radius 1 is 1.03 bits per heavy atom. The zero-order valence-corrected chi connectivity index (χ0v) is 22.0. The Hall–Kier alpha value is -3.52. The van der Waals surface area contributed by atoms with Crippen LogP contribution in [0.2, 0.25) is 0 Å². The summed E-state index contributed by atoms with van der Waals surface area (Å²) in [4.78, 5) is 41.2. The maximum Gasteiger partial charge on any atom is 0.323 e. The number of hydrogen-bond acceptors (Lipinski definition) is 8. The first-order chi connectivity index (χ1) is 17.5. The smallest absolute Gasteiger partial charge is 0.323 e. The van der Waals surface area contributed by atoms with Crippen molar-refractivity contribution in [1.29, 1.82) is 0 Å². The maximum absolute atomic E-state index is 12.0. The van der Waals surface area contributed by atoms with Crippen LogP contribution in [-0.4, -0.2) is 67.2 Å². The summed E-state index contributed by atoms with van der Waals surface area (Å²) in [7, 11) is -3.41. The zero-order valence-electron chi connectivity index (χ0n) is 21.2. The molecule has 12 nitrogen and oxygen atoms in total. The fourth-order valence-corrected chi connectivity index (χ4v) is 4.37. The van der Waals surface area contributed by atoms with E-state index in [4.69, 9.17) is 11.5 Å². The molecule has 1 heterocycles. The lowest BCUT2D eigenvalue weighted by Gasteiger charge is -2.17. The molecule has 37 heavy (non-hydrogen) atoms. The van der Waals surface area contributed by atoms with E-state index in [1.807, 2.05) is 0 Å². The number of ketones is 1. The Balaban J connectivity index is 0.000000260. The van der Waals surface area contributed by atoms with Crippen molar-refractivity contribution in [3.05, 3.63) is 52.9 Å². The van der Waals surface area contributed by atoms with Crippen LogP contribution in [0.5, 0.6) is 0 Å². The van der Waals surface area contributed by atoms with Crippen LogP contribution >= 0.6 is 0 Å². The first-order valence-electron chi connectivity index (χ1n) is 11.8. The van der Waals surface area contributed by atoms with Crippen molar-refractivity contribution in [2.75, 3.05) is 37.2 Å². The van der Waals surface area contributed by atoms with E-state index >= 15 is 0 Å². The first kappa shape index (κ1) is 29.7. The van der Waals surface area contributed by atoms with E-state index in [0.717, 1.165) is 26.1 Å². The molecule has 0 aliphatic carbocycles. The van der Waals surface area contributed by atoms with E-state index in [1.54, 1.807) is 30.3 Å². The van der Waals surface area contributed by atoms with Gasteiger partial charge in [-0.3, -0.25) is 9.59 Å². The molecule has 0 aliphatic heterocycles. The number of hydrogen-bond donors (Lipinski definition) is 6. The zero-order chi connectivity index (χ0) is 27.6. The van der Waals surface area contributed by atoms with Gasteiger partial charge in [0.2, 0.25) is 15.9 Å². The molecule has 0 fully saturated rings. The molecule has 0 saturated heterocycles. The van der Waals surface area contributed by atoms with Gasteiger partial charge in [0.1, 0.15) is 6.04 Å². The van der Waals surface area contributed by atoms with Crippen molar-refractivity contribution < 1.29 is 18.0 Å². The molecule has 1 atom stereocenters. The number of H-pyrrole nitrogens is 2. The van der Waals surface area contributed by atoms with Gasteiger partial charge in [-0.2, -0.15) is 0 Å². The van der Waals surface area contributed by atoms with Crippen LogP contribution in [0, 0.1) is 0 Å². The lowest BCUT2D eigenvalue weighted by Crippen LogP contribution is -2.41. The summed E-state index contributed by atoms with van der Waals surface area (Å²) in [6.45, 7) is 8.77. The first-order valence-corrected chi connectivity index (χ1v) is 13.3. The SMILES string of the molecule is CC(=O)C(N)C(=O)Nc1ccc2[nH]c(=O)[nH]c2c1.CCN(CC)CCCNS(=O)(=O)c1ccc(N)cc1. The number of nitrogens with one attached hydrogen (secondary N) is 4. The van der Waals surface area contributed by atoms with Gasteiger partial charge < -0.3 is 31.7 Å². The second kappa shape index (κ2) is 13.7. The van der Waals surface area contributed by atoms with E-state index in [1.165, 1.54) is 19.1 Å². The Morgan fingerprint density at radius 2 is 1.65 bits per heavy atom. The average molecular weight is 534 g/mol. The number of benzene rings is 2. The number of nitrogens with two attached hydrogens (primary N) is 2. The van der Waals surface area contributed by atoms with Gasteiger partial charge in [-0.15, -0.1) is 0 Å². The number of aromatic nitrogens is 2. The predicted molar refractivity (Wildman–Crippen MR) is 145 cm³/mol. The molecule has 1 amide bonds. The van der Waals surface area contributed by atoms with Gasteiger partial charge in [0, 0.05) is 17.9 Å². The fraction of sp³-hybridized carbons (Fsp3) is 0.375. The van der Waals surface area contributed by atoms with E-state index in [0.29, 0.717) is 29.0 Å². The highest BCUT2D eigenvalue weighted by Crippen LogP contribution is 2.14. The van der Waals surface area contributed by atoms with Crippen molar-refractivity contribution >= 4 is 44.1 Å². The minimum absolute atomic E-state index is 0.254. The van der Waals surface area contributed by atoms with Crippen LogP contribution < -0.4 is 27.2 Å². The molecule has 13 heteroatoms. The van der Waals surface area contributed by atoms with Gasteiger partial charge in [-0.05, 0) is 75.4 Å². The van der Waals surface area contributed by atoms with Gasteiger partial charge >= 0.3 is 5.69 Å². The summed E-state index contributed by atoms with van der Waals surface area (Å²) in [5, 5.41) is 2.50. The molecule has 0 spiro atoms. The molecule has 3 aromatic rings. The number of fused-ring (bicyclic) bond motifs is 1. The molecule has 1 unspecified atom stereocenters. The normalized spacial score (nSPS) is 12.1. The third kappa shape index (κ3) is 9.13. The monoisotopic (exact) mass is 533 g/mol. The fourth-order valence-electron chi connectivity index (χ4n) is 3.29. The van der Waals surface area contributed by atoms with Crippen LogP contribution in [0.25, 0.3) is 11.0 Å². The summed E-state index contributed by atoms with van der Waals surface area (Å²) in [6.07, 6.45) is 0.801. The van der Waals surface area contributed by atoms with Crippen LogP contribution in [-0.2, 0) is 19.6 Å². The Bertz CT molecular complexity index is 1350. The molecule has 202 valence electrons. The van der Waals surface area contributed by atoms with Crippen LogP contribution in [0.3, 0.4) is 0 Å². The molecule has 0 bridgehead atoms. The van der Waals surface area contributed by atoms with Gasteiger partial charge in [0.15, 0.2) is 5.78 Å². The van der Waals surface area contributed by atoms with Crippen molar-refractivity contribution in [3.8, 4) is 0 Å². The highest BCUT2D eigenvalue weighted by molar-refractivity contribution is 7.89. The average Bonchev–Trinajstić information content (AvgIpc) is 3.23. The highest BCUT2D eigenvalue weighted by Gasteiger charge is 2.18. The summed E-state index contributed by atoms with van der Waals surface area (Å²) in [5.74, 6) is -0.997. The molecular formula is C24H35N7O5S. The lowest BCUT2D eigenvalue weighted by molar-refractivity contribution is -0.126. The quantitative estimate of drug-likeness (QED) is 0.119. The molecule has 0 saturated carbocycles. The standard InChI is InChI=1S/C13H23N3O2S.C11H12N4O3/c1-3-16(4-2)11-5-10-15-19(17,18)13-8-6-12(14)7-9-13;1-5(16)9(12)10(17)13-6-2-3-7-8(4-6)15-11(18)14-7/h6-9,15H,3-5,10-11,14H2,1-2H3;2-4,9H,12H2,1H3,(H,13,17)(H2,14,15,18). The third-order valence-corrected chi connectivity index (χ3v) is 7.01. The minimum Gasteiger partial charge on any atom is -0.399 e. The Morgan fingerprint density at radius 3 is 2.24 bits per heavy atom. The number of amides is 1. The van der Waals surface area contributed by atoms with Crippen molar-refractivity contribution in [2.45, 2.75) is 38.1 Å². The van der Waals surface area contributed by atoms with E-state index in [2.05, 4.69) is 38.8 Å². The largest absolute Gasteiger partial charge is 0.399 e. The minimum atomic E-state index is -3.41. The highest BCUT2D eigenvalue weighted by atomic mass is 32.2. The van der Waals surface area contributed by atoms with E-state index in [-0.39, 0.29) is 10.6 Å². The number of anilines is 2. The summed E-state index contributed by atoms with van der Waals surface area (Å²) in [5.41, 5.74) is 12.8. The van der Waals surface area contributed by atoms with E-state index < -0.39 is 27.8 Å². The van der Waals surface area contributed by atoms with Gasteiger partial charge in [0.25, 0.3) is 0 Å². The Kier molecular flexibility index (Phi) is 11.0. The molecule has 0 radical (unpaired) electrons. The van der Waals surface area contributed by atoms with Crippen molar-refractivity contribution in [3.63, 3.8) is 0 Å². The molecule has 1 aromatic heterocycles. The maximum atomic E-state index is 12.0. The number of nitrogen functional groups attached to an aromatic ring is 1. The summed E-state index contributed by atoms with van der Waals surface area (Å²) < 4.78 is 26.5. The predicted octanol–water partition coefficient (Wildman–Crippen LogP) is 0.990. The number of nitrogens with zero attached hydrogens (tertiary/aromatic N) is 1. The summed E-state index contributed by atoms with van der Waals surface area (Å²) >= 11 is 0. The van der Waals surface area contributed by atoms with E-state index in [9.17, 15) is 22.8 Å². The molecule has 3 rings (SSSR count). The number of aromatic amines is 2. The second-order valence-corrected chi connectivity index (χ2v) is 10.0. The Labute approximate surface area is 215 Å². The van der Waals surface area contributed by atoms with Crippen LogP contribution in [0.1, 0.15) is 27.2 Å². The molecular weight excluding hydrogens is 498 g/mol. The van der Waals surface area contributed by atoms with Crippen LogP contribution in [0.4, 0.5) is 11.4 Å². The van der Waals surface area contributed by atoms with Crippen LogP contribution in [0.15, 0.2) is 52.2 Å². The van der Waals surface area contributed by atoms with Crippen molar-refractivity contribution in [1.82, 2.24) is 19.6 Å². The molecule has 0 aliphatic rings. The number of carbonyl (C=O) groups is 2.